The van der Waals surface area contributed by atoms with Crippen LogP contribution in [0.3, 0.4) is 0 Å². The van der Waals surface area contributed by atoms with Gasteiger partial charge in [-0.1, -0.05) is 19.4 Å². The first-order chi connectivity index (χ1) is 10.2. The average molecular weight is 284 g/mol. The van der Waals surface area contributed by atoms with E-state index in [-0.39, 0.29) is 11.6 Å². The first-order valence-electron chi connectivity index (χ1n) is 7.45. The molecule has 1 aromatic heterocycles. The predicted molar refractivity (Wildman–Crippen MR) is 83.4 cm³/mol. The third-order valence-electron chi connectivity index (χ3n) is 3.95. The van der Waals surface area contributed by atoms with E-state index >= 15 is 0 Å². The molecular formula is C16H20N4O. The molecule has 0 atom stereocenters. The zero-order chi connectivity index (χ0) is 14.8. The second-order valence-electron chi connectivity index (χ2n) is 5.51. The second-order valence-corrected chi connectivity index (χ2v) is 5.51. The van der Waals surface area contributed by atoms with Crippen molar-refractivity contribution in [2.24, 2.45) is 0 Å². The molecule has 0 saturated heterocycles. The highest BCUT2D eigenvalue weighted by Gasteiger charge is 2.18. The minimum absolute atomic E-state index is 0.260. The highest BCUT2D eigenvalue weighted by Crippen LogP contribution is 2.25. The maximum Gasteiger partial charge on any atom is 0.278 e. The Morgan fingerprint density at radius 1 is 1.38 bits per heavy atom. The lowest BCUT2D eigenvalue weighted by Gasteiger charge is -2.06. The van der Waals surface area contributed by atoms with E-state index in [4.69, 9.17) is 5.73 Å². The standard InChI is InChI=1S/C16H20N4O/c1-2-4-13-14(17)15(20-19-13)16(21)18-12-8-7-10-5-3-6-11(10)9-12/h7-9H,2-6,17H2,1H3,(H,18,21)(H,19,20). The number of aromatic amines is 1. The molecule has 0 bridgehead atoms. The Hall–Kier alpha value is -2.30. The van der Waals surface area contributed by atoms with E-state index in [1.54, 1.807) is 0 Å². The van der Waals surface area contributed by atoms with Crippen LogP contribution in [0.4, 0.5) is 11.4 Å². The van der Waals surface area contributed by atoms with E-state index < -0.39 is 0 Å². The maximum absolute atomic E-state index is 12.3. The number of anilines is 2. The number of aromatic nitrogens is 2. The topological polar surface area (TPSA) is 83.8 Å². The molecule has 4 N–H and O–H groups in total. The van der Waals surface area contributed by atoms with Crippen LogP contribution in [0.15, 0.2) is 18.2 Å². The predicted octanol–water partition coefficient (Wildman–Crippen LogP) is 2.69. The summed E-state index contributed by atoms with van der Waals surface area (Å²) >= 11 is 0. The molecule has 0 unspecified atom stereocenters. The van der Waals surface area contributed by atoms with Crippen LogP contribution < -0.4 is 11.1 Å². The number of rotatable bonds is 4. The fourth-order valence-corrected chi connectivity index (χ4v) is 2.84. The number of aryl methyl sites for hydroxylation is 3. The largest absolute Gasteiger partial charge is 0.395 e. The van der Waals surface area contributed by atoms with E-state index in [1.165, 1.54) is 17.5 Å². The van der Waals surface area contributed by atoms with Crippen LogP contribution in [0.1, 0.15) is 47.1 Å². The number of H-pyrrole nitrogens is 1. The third-order valence-corrected chi connectivity index (χ3v) is 3.95. The van der Waals surface area contributed by atoms with Gasteiger partial charge < -0.3 is 11.1 Å². The van der Waals surface area contributed by atoms with Gasteiger partial charge in [-0.15, -0.1) is 0 Å². The number of benzene rings is 1. The molecule has 0 radical (unpaired) electrons. The normalized spacial score (nSPS) is 13.2. The Morgan fingerprint density at radius 2 is 2.19 bits per heavy atom. The number of nitrogens with one attached hydrogen (secondary N) is 2. The van der Waals surface area contributed by atoms with Crippen LogP contribution in [0.25, 0.3) is 0 Å². The van der Waals surface area contributed by atoms with Crippen LogP contribution in [0.5, 0.6) is 0 Å². The molecule has 2 aromatic rings. The number of nitrogens with zero attached hydrogens (tertiary/aromatic N) is 1. The van der Waals surface area contributed by atoms with Crippen molar-refractivity contribution in [3.05, 3.63) is 40.7 Å². The zero-order valence-corrected chi connectivity index (χ0v) is 12.2. The molecule has 0 spiro atoms. The molecule has 110 valence electrons. The van der Waals surface area contributed by atoms with Crippen molar-refractivity contribution in [2.75, 3.05) is 11.1 Å². The molecule has 5 heteroatoms. The van der Waals surface area contributed by atoms with Gasteiger partial charge in [-0.25, -0.2) is 0 Å². The van der Waals surface area contributed by atoms with Crippen LogP contribution in [-0.4, -0.2) is 16.1 Å². The molecule has 5 nitrogen and oxygen atoms in total. The van der Waals surface area contributed by atoms with Crippen LogP contribution in [0, 0.1) is 0 Å². The van der Waals surface area contributed by atoms with Gasteiger partial charge in [0.05, 0.1) is 11.4 Å². The minimum Gasteiger partial charge on any atom is -0.395 e. The number of nitrogen functional groups attached to an aromatic ring is 1. The van der Waals surface area contributed by atoms with E-state index in [2.05, 4.69) is 34.6 Å². The van der Waals surface area contributed by atoms with Crippen molar-refractivity contribution in [2.45, 2.75) is 39.0 Å². The average Bonchev–Trinajstić information content (AvgIpc) is 3.06. The number of fused-ring (bicyclic) bond motifs is 1. The van der Waals surface area contributed by atoms with Gasteiger partial charge in [0.1, 0.15) is 0 Å². The quantitative estimate of drug-likeness (QED) is 0.807. The van der Waals surface area contributed by atoms with Crippen LogP contribution in [0.2, 0.25) is 0 Å². The summed E-state index contributed by atoms with van der Waals surface area (Å²) in [4.78, 5) is 12.3. The van der Waals surface area contributed by atoms with Crippen LogP contribution >= 0.6 is 0 Å². The fourth-order valence-electron chi connectivity index (χ4n) is 2.84. The van der Waals surface area contributed by atoms with Crippen molar-refractivity contribution in [1.29, 1.82) is 0 Å². The smallest absolute Gasteiger partial charge is 0.278 e. The van der Waals surface area contributed by atoms with Crippen molar-refractivity contribution in [1.82, 2.24) is 10.2 Å². The molecule has 21 heavy (non-hydrogen) atoms. The van der Waals surface area contributed by atoms with Gasteiger partial charge in [0.15, 0.2) is 5.69 Å². The Morgan fingerprint density at radius 3 is 3.00 bits per heavy atom. The van der Waals surface area contributed by atoms with E-state index in [1.807, 2.05) is 6.07 Å². The summed E-state index contributed by atoms with van der Waals surface area (Å²) in [6, 6.07) is 6.09. The highest BCUT2D eigenvalue weighted by molar-refractivity contribution is 6.06. The fraction of sp³-hybridized carbons (Fsp3) is 0.375. The first kappa shape index (κ1) is 13.7. The number of hydrogen-bond acceptors (Lipinski definition) is 3. The molecule has 3 rings (SSSR count). The van der Waals surface area contributed by atoms with Crippen molar-refractivity contribution in [3.8, 4) is 0 Å². The Bertz CT molecular complexity index is 675. The van der Waals surface area contributed by atoms with Crippen molar-refractivity contribution < 1.29 is 4.79 Å². The lowest BCUT2D eigenvalue weighted by Crippen LogP contribution is -2.14. The van der Waals surface area contributed by atoms with Gasteiger partial charge in [-0.3, -0.25) is 9.89 Å². The second kappa shape index (κ2) is 5.60. The summed E-state index contributed by atoms with van der Waals surface area (Å²) < 4.78 is 0. The van der Waals surface area contributed by atoms with Crippen LogP contribution in [-0.2, 0) is 19.3 Å². The highest BCUT2D eigenvalue weighted by atomic mass is 16.2. The molecule has 1 aromatic carbocycles. The van der Waals surface area contributed by atoms with Gasteiger partial charge >= 0.3 is 0 Å². The number of nitrogens with two attached hydrogens (primary N) is 1. The Kier molecular flexibility index (Phi) is 3.64. The summed E-state index contributed by atoms with van der Waals surface area (Å²) in [5.41, 5.74) is 11.1. The summed E-state index contributed by atoms with van der Waals surface area (Å²) in [6.45, 7) is 2.06. The molecular weight excluding hydrogens is 264 g/mol. The number of hydrogen-bond donors (Lipinski definition) is 3. The summed E-state index contributed by atoms with van der Waals surface area (Å²) in [5, 5.41) is 9.77. The van der Waals surface area contributed by atoms with E-state index in [0.717, 1.165) is 37.1 Å². The zero-order valence-electron chi connectivity index (χ0n) is 12.2. The molecule has 0 aliphatic heterocycles. The lowest BCUT2D eigenvalue weighted by atomic mass is 10.1. The third kappa shape index (κ3) is 2.63. The van der Waals surface area contributed by atoms with Gasteiger partial charge in [0, 0.05) is 5.69 Å². The number of amides is 1. The van der Waals surface area contributed by atoms with Gasteiger partial charge in [-0.2, -0.15) is 5.10 Å². The van der Waals surface area contributed by atoms with Crippen molar-refractivity contribution >= 4 is 17.3 Å². The maximum atomic E-state index is 12.3. The molecule has 1 aliphatic carbocycles. The minimum atomic E-state index is -0.260. The van der Waals surface area contributed by atoms with Gasteiger partial charge in [0.2, 0.25) is 0 Å². The molecule has 1 aliphatic rings. The SMILES string of the molecule is CCCc1[nH]nc(C(=O)Nc2ccc3c(c2)CCC3)c1N. The molecule has 0 fully saturated rings. The Labute approximate surface area is 123 Å². The lowest BCUT2D eigenvalue weighted by molar-refractivity contribution is 0.102. The molecule has 1 amide bonds. The number of carbonyl (C=O) groups excluding carboxylic acids is 1. The number of carbonyl (C=O) groups is 1. The molecule has 1 heterocycles. The van der Waals surface area contributed by atoms with E-state index in [9.17, 15) is 4.79 Å². The van der Waals surface area contributed by atoms with Gasteiger partial charge in [-0.05, 0) is 48.9 Å². The monoisotopic (exact) mass is 284 g/mol. The summed E-state index contributed by atoms with van der Waals surface area (Å²) in [6.07, 6.45) is 5.17. The van der Waals surface area contributed by atoms with Crippen molar-refractivity contribution in [3.63, 3.8) is 0 Å². The molecule has 0 saturated carbocycles. The summed E-state index contributed by atoms with van der Waals surface area (Å²) in [7, 11) is 0. The Balaban J connectivity index is 1.77. The first-order valence-corrected chi connectivity index (χ1v) is 7.45. The summed E-state index contributed by atoms with van der Waals surface area (Å²) in [5.74, 6) is -0.260. The van der Waals surface area contributed by atoms with E-state index in [0.29, 0.717) is 5.69 Å². The van der Waals surface area contributed by atoms with Gasteiger partial charge in [0.25, 0.3) is 5.91 Å².